The van der Waals surface area contributed by atoms with Crippen LogP contribution in [0.15, 0.2) is 42.5 Å². The molecule has 3 amide bonds. The number of hydrogen-bond acceptors (Lipinski definition) is 8. The third-order valence-corrected chi connectivity index (χ3v) is 7.98. The average molecular weight is 550 g/mol. The third kappa shape index (κ3) is 6.36. The van der Waals surface area contributed by atoms with E-state index in [0.717, 1.165) is 36.2 Å². The summed E-state index contributed by atoms with van der Waals surface area (Å²) in [5.74, 6) is 0.703. The molecule has 3 heterocycles. The summed E-state index contributed by atoms with van der Waals surface area (Å²) in [6.45, 7) is 5.32. The lowest BCUT2D eigenvalue weighted by Gasteiger charge is -2.31. The lowest BCUT2D eigenvalue weighted by Crippen LogP contribution is -2.39. The molecule has 3 aromatic rings. The van der Waals surface area contributed by atoms with Crippen molar-refractivity contribution in [3.8, 4) is 11.5 Å². The van der Waals surface area contributed by atoms with E-state index < -0.39 is 5.91 Å². The van der Waals surface area contributed by atoms with Crippen molar-refractivity contribution >= 4 is 34.7 Å². The summed E-state index contributed by atoms with van der Waals surface area (Å²) in [6.07, 6.45) is 2.88. The van der Waals surface area contributed by atoms with E-state index in [1.54, 1.807) is 23.1 Å². The number of fused-ring (bicyclic) bond motifs is 1. The van der Waals surface area contributed by atoms with Gasteiger partial charge in [0, 0.05) is 31.3 Å². The minimum Gasteiger partial charge on any atom is -0.454 e. The Hall–Kier alpha value is -3.99. The Morgan fingerprint density at radius 2 is 1.74 bits per heavy atom. The fourth-order valence-corrected chi connectivity index (χ4v) is 5.43. The Bertz CT molecular complexity index is 1350. The molecule has 0 saturated carbocycles. The summed E-state index contributed by atoms with van der Waals surface area (Å²) in [5.41, 5.74) is 2.89. The molecule has 10 nitrogen and oxygen atoms in total. The molecule has 1 fully saturated rings. The molecule has 0 aliphatic carbocycles. The van der Waals surface area contributed by atoms with Crippen molar-refractivity contribution < 1.29 is 23.9 Å². The van der Waals surface area contributed by atoms with Crippen LogP contribution in [0.5, 0.6) is 11.5 Å². The quantitative estimate of drug-likeness (QED) is 0.432. The van der Waals surface area contributed by atoms with Gasteiger partial charge in [-0.15, -0.1) is 10.2 Å². The summed E-state index contributed by atoms with van der Waals surface area (Å²) in [6, 6.07) is 13.3. The van der Waals surface area contributed by atoms with Gasteiger partial charge in [-0.25, -0.2) is 0 Å². The summed E-state index contributed by atoms with van der Waals surface area (Å²) in [7, 11) is 0. The van der Waals surface area contributed by atoms with E-state index in [0.29, 0.717) is 36.7 Å². The van der Waals surface area contributed by atoms with Crippen LogP contribution in [0.2, 0.25) is 0 Å². The van der Waals surface area contributed by atoms with Crippen molar-refractivity contribution in [2.24, 2.45) is 5.92 Å². The molecule has 2 N–H and O–H groups in total. The highest BCUT2D eigenvalue weighted by molar-refractivity contribution is 7.15. The van der Waals surface area contributed by atoms with Crippen LogP contribution in [-0.4, -0.2) is 52.7 Å². The highest BCUT2D eigenvalue weighted by Crippen LogP contribution is 2.34. The molecule has 2 aromatic carbocycles. The van der Waals surface area contributed by atoms with Crippen LogP contribution >= 0.6 is 11.3 Å². The first-order valence-electron chi connectivity index (χ1n) is 13.1. The summed E-state index contributed by atoms with van der Waals surface area (Å²) >= 11 is 0.960. The predicted octanol–water partition coefficient (Wildman–Crippen LogP) is 4.20. The standard InChI is InChI=1S/C28H31N5O5S/c1-3-18-4-6-20(7-5-18)17(2)29-24(34)14-19-10-12-33(13-11-19)28(36)27-32-31-26(39-27)25(35)30-21-8-9-22-23(15-21)38-16-37-22/h4-9,15,17,19H,3,10-14,16H2,1-2H3,(H,29,34)(H,30,35)/t17-/m0/s1. The number of benzene rings is 2. The van der Waals surface area contributed by atoms with Gasteiger partial charge in [0.25, 0.3) is 11.8 Å². The number of rotatable bonds is 8. The van der Waals surface area contributed by atoms with E-state index in [1.165, 1.54) is 5.56 Å². The van der Waals surface area contributed by atoms with Gasteiger partial charge >= 0.3 is 0 Å². The number of hydrogen-bond donors (Lipinski definition) is 2. The lowest BCUT2D eigenvalue weighted by molar-refractivity contribution is -0.122. The van der Waals surface area contributed by atoms with Crippen LogP contribution < -0.4 is 20.1 Å². The van der Waals surface area contributed by atoms with Gasteiger partial charge in [-0.1, -0.05) is 42.5 Å². The molecule has 0 bridgehead atoms. The molecule has 39 heavy (non-hydrogen) atoms. The third-order valence-electron chi connectivity index (χ3n) is 7.07. The van der Waals surface area contributed by atoms with Gasteiger partial charge in [-0.2, -0.15) is 0 Å². The molecule has 1 aromatic heterocycles. The largest absolute Gasteiger partial charge is 0.454 e. The lowest BCUT2D eigenvalue weighted by atomic mass is 9.93. The molecule has 5 rings (SSSR count). The van der Waals surface area contributed by atoms with Crippen LogP contribution in [0.1, 0.15) is 69.9 Å². The molecule has 0 radical (unpaired) electrons. The van der Waals surface area contributed by atoms with Gasteiger partial charge in [0.1, 0.15) is 0 Å². The number of ether oxygens (including phenoxy) is 2. The number of nitrogens with one attached hydrogen (secondary N) is 2. The Balaban J connectivity index is 1.08. The van der Waals surface area contributed by atoms with E-state index >= 15 is 0 Å². The van der Waals surface area contributed by atoms with Crippen molar-refractivity contribution in [3.63, 3.8) is 0 Å². The van der Waals surface area contributed by atoms with Crippen molar-refractivity contribution in [3.05, 3.63) is 63.6 Å². The number of carbonyl (C=O) groups is 3. The van der Waals surface area contributed by atoms with Gasteiger partial charge in [0.15, 0.2) is 11.5 Å². The smallest absolute Gasteiger partial charge is 0.286 e. The minimum absolute atomic E-state index is 0.0223. The van der Waals surface area contributed by atoms with Gasteiger partial charge in [0.05, 0.1) is 6.04 Å². The number of likely N-dealkylation sites (tertiary alicyclic amines) is 1. The SMILES string of the molecule is CCc1ccc([C@H](C)NC(=O)CC2CCN(C(=O)c3nnc(C(=O)Nc4ccc5c(c4)OCO5)s3)CC2)cc1. The highest BCUT2D eigenvalue weighted by atomic mass is 32.1. The maximum atomic E-state index is 13.0. The summed E-state index contributed by atoms with van der Waals surface area (Å²) in [5, 5.41) is 14.0. The normalized spacial score (nSPS) is 15.6. The average Bonchev–Trinajstić information content (AvgIpc) is 3.63. The zero-order valence-electron chi connectivity index (χ0n) is 21.9. The molecule has 0 unspecified atom stereocenters. The summed E-state index contributed by atoms with van der Waals surface area (Å²) in [4.78, 5) is 40.0. The number of carbonyl (C=O) groups excluding carboxylic acids is 3. The molecule has 2 aliphatic rings. The van der Waals surface area contributed by atoms with E-state index in [4.69, 9.17) is 9.47 Å². The molecule has 11 heteroatoms. The molecule has 0 spiro atoms. The van der Waals surface area contributed by atoms with E-state index in [1.807, 2.05) is 6.92 Å². The predicted molar refractivity (Wildman–Crippen MR) is 146 cm³/mol. The number of amides is 3. The second-order valence-corrected chi connectivity index (χ2v) is 10.7. The molecule has 2 aliphatic heterocycles. The first kappa shape index (κ1) is 26.6. The van der Waals surface area contributed by atoms with Crippen molar-refractivity contribution in [2.75, 3.05) is 25.2 Å². The minimum atomic E-state index is -0.453. The molecular formula is C28H31N5O5S. The van der Waals surface area contributed by atoms with Gasteiger partial charge < -0.3 is 25.0 Å². The van der Waals surface area contributed by atoms with Crippen LogP contribution in [0.25, 0.3) is 0 Å². The first-order valence-corrected chi connectivity index (χ1v) is 13.9. The molecule has 1 atom stereocenters. The number of nitrogens with zero attached hydrogens (tertiary/aromatic N) is 3. The number of anilines is 1. The van der Waals surface area contributed by atoms with Gasteiger partial charge in [-0.05, 0) is 55.4 Å². The van der Waals surface area contributed by atoms with E-state index in [-0.39, 0.29) is 40.6 Å². The molecule has 1 saturated heterocycles. The first-order chi connectivity index (χ1) is 18.9. The topological polar surface area (TPSA) is 123 Å². The van der Waals surface area contributed by atoms with Crippen LogP contribution in [0.4, 0.5) is 5.69 Å². The van der Waals surface area contributed by atoms with Crippen LogP contribution in [0.3, 0.4) is 0 Å². The monoisotopic (exact) mass is 549 g/mol. The second-order valence-electron chi connectivity index (χ2n) is 9.76. The van der Waals surface area contributed by atoms with E-state index in [9.17, 15) is 14.4 Å². The highest BCUT2D eigenvalue weighted by Gasteiger charge is 2.28. The number of piperidine rings is 1. The Morgan fingerprint density at radius 3 is 2.49 bits per heavy atom. The Kier molecular flexibility index (Phi) is 8.06. The maximum Gasteiger partial charge on any atom is 0.286 e. The van der Waals surface area contributed by atoms with Crippen LogP contribution in [0, 0.1) is 5.92 Å². The Labute approximate surface area is 230 Å². The number of aromatic nitrogens is 2. The van der Waals surface area contributed by atoms with Crippen LogP contribution in [-0.2, 0) is 11.2 Å². The Morgan fingerprint density at radius 1 is 1.03 bits per heavy atom. The zero-order chi connectivity index (χ0) is 27.4. The molecule has 204 valence electrons. The van der Waals surface area contributed by atoms with E-state index in [2.05, 4.69) is 52.0 Å². The molecular weight excluding hydrogens is 518 g/mol. The van der Waals surface area contributed by atoms with Crippen molar-refractivity contribution in [1.29, 1.82) is 0 Å². The number of aryl methyl sites for hydroxylation is 1. The second kappa shape index (κ2) is 11.8. The fraction of sp³-hybridized carbons (Fsp3) is 0.393. The van der Waals surface area contributed by atoms with Gasteiger partial charge in [-0.3, -0.25) is 14.4 Å². The fourth-order valence-electron chi connectivity index (χ4n) is 4.72. The summed E-state index contributed by atoms with van der Waals surface area (Å²) < 4.78 is 10.6. The van der Waals surface area contributed by atoms with Gasteiger partial charge in [0.2, 0.25) is 22.7 Å². The maximum absolute atomic E-state index is 13.0. The van der Waals surface area contributed by atoms with Crippen molar-refractivity contribution in [2.45, 2.75) is 45.6 Å². The zero-order valence-corrected chi connectivity index (χ0v) is 22.8. The van der Waals surface area contributed by atoms with Crippen molar-refractivity contribution in [1.82, 2.24) is 20.4 Å².